The van der Waals surface area contributed by atoms with E-state index in [0.717, 1.165) is 50.3 Å². The van der Waals surface area contributed by atoms with Crippen molar-refractivity contribution in [3.8, 4) is 27.9 Å². The number of hydrogen-bond donors (Lipinski definition) is 0. The molecule has 12 aromatic rings. The van der Waals surface area contributed by atoms with E-state index in [4.69, 9.17) is 4.42 Å². The number of anilines is 3. The molecular formula is C54H34N2OS. The zero-order valence-corrected chi connectivity index (χ0v) is 32.2. The average Bonchev–Trinajstić information content (AvgIpc) is 3.98. The molecule has 12 rings (SSSR count). The Kier molecular flexibility index (Phi) is 7.40. The summed E-state index contributed by atoms with van der Waals surface area (Å²) >= 11 is 1.85. The lowest BCUT2D eigenvalue weighted by Gasteiger charge is -2.27. The second-order valence-electron chi connectivity index (χ2n) is 14.9. The highest BCUT2D eigenvalue weighted by Crippen LogP contribution is 2.50. The molecule has 58 heavy (non-hydrogen) atoms. The van der Waals surface area contributed by atoms with Crippen LogP contribution in [0.5, 0.6) is 0 Å². The second-order valence-corrected chi connectivity index (χ2v) is 15.9. The van der Waals surface area contributed by atoms with Crippen molar-refractivity contribution in [1.82, 2.24) is 4.57 Å². The zero-order chi connectivity index (χ0) is 38.2. The monoisotopic (exact) mass is 758 g/mol. The van der Waals surface area contributed by atoms with Crippen molar-refractivity contribution in [2.24, 2.45) is 0 Å². The van der Waals surface area contributed by atoms with Gasteiger partial charge in [0.2, 0.25) is 0 Å². The third-order valence-corrected chi connectivity index (χ3v) is 12.8. The highest BCUT2D eigenvalue weighted by atomic mass is 32.1. The molecule has 0 amide bonds. The summed E-state index contributed by atoms with van der Waals surface area (Å²) in [5.41, 5.74) is 13.3. The first-order valence-electron chi connectivity index (χ1n) is 19.7. The molecular weight excluding hydrogens is 725 g/mol. The SMILES string of the molecule is c1ccc(-c2ccc(N(c3ccc(-c4ccc5c6ccccc6n(-c6ccccc6)c5c4)cc3)c3cccc4c3oc3ccccc34)c3sc4ccccc4c23)cc1. The fourth-order valence-corrected chi connectivity index (χ4v) is 10.2. The number of benzene rings is 9. The molecule has 0 radical (unpaired) electrons. The lowest BCUT2D eigenvalue weighted by Crippen LogP contribution is -2.10. The van der Waals surface area contributed by atoms with Crippen molar-refractivity contribution in [2.75, 3.05) is 4.90 Å². The van der Waals surface area contributed by atoms with Gasteiger partial charge in [-0.1, -0.05) is 146 Å². The Bertz CT molecular complexity index is 3500. The van der Waals surface area contributed by atoms with Gasteiger partial charge < -0.3 is 13.9 Å². The van der Waals surface area contributed by atoms with E-state index in [1.54, 1.807) is 0 Å². The summed E-state index contributed by atoms with van der Waals surface area (Å²) in [5, 5.41) is 7.25. The van der Waals surface area contributed by atoms with Crippen LogP contribution in [0.2, 0.25) is 0 Å². The Morgan fingerprint density at radius 1 is 0.431 bits per heavy atom. The van der Waals surface area contributed by atoms with Gasteiger partial charge in [-0.3, -0.25) is 0 Å². The van der Waals surface area contributed by atoms with Crippen LogP contribution in [-0.2, 0) is 0 Å². The maximum absolute atomic E-state index is 6.74. The summed E-state index contributed by atoms with van der Waals surface area (Å²) in [6.45, 7) is 0. The van der Waals surface area contributed by atoms with E-state index in [9.17, 15) is 0 Å². The summed E-state index contributed by atoms with van der Waals surface area (Å²) in [7, 11) is 0. The molecule has 0 aliphatic heterocycles. The van der Waals surface area contributed by atoms with Crippen LogP contribution >= 0.6 is 11.3 Å². The Labute approximate surface area is 338 Å². The fourth-order valence-electron chi connectivity index (χ4n) is 8.97. The molecule has 3 heterocycles. The number of rotatable bonds is 6. The molecule has 0 aliphatic carbocycles. The first-order chi connectivity index (χ1) is 28.8. The van der Waals surface area contributed by atoms with Crippen molar-refractivity contribution in [2.45, 2.75) is 0 Å². The number of hydrogen-bond acceptors (Lipinski definition) is 3. The number of nitrogens with zero attached hydrogens (tertiary/aromatic N) is 2. The van der Waals surface area contributed by atoms with Crippen LogP contribution in [0, 0.1) is 0 Å². The largest absolute Gasteiger partial charge is 0.454 e. The molecule has 0 saturated carbocycles. The number of furan rings is 1. The van der Waals surface area contributed by atoms with E-state index < -0.39 is 0 Å². The molecule has 0 bridgehead atoms. The summed E-state index contributed by atoms with van der Waals surface area (Å²) in [4.78, 5) is 2.40. The molecule has 3 aromatic heterocycles. The maximum Gasteiger partial charge on any atom is 0.159 e. The van der Waals surface area contributed by atoms with Crippen molar-refractivity contribution >= 4 is 92.3 Å². The van der Waals surface area contributed by atoms with Gasteiger partial charge in [0.05, 0.1) is 27.1 Å². The molecule has 0 N–H and O–H groups in total. The predicted octanol–water partition coefficient (Wildman–Crippen LogP) is 15.9. The van der Waals surface area contributed by atoms with Crippen LogP contribution < -0.4 is 4.90 Å². The van der Waals surface area contributed by atoms with E-state index in [2.05, 4.69) is 210 Å². The van der Waals surface area contributed by atoms with Gasteiger partial charge in [0, 0.05) is 48.4 Å². The minimum atomic E-state index is 0.869. The molecule has 9 aromatic carbocycles. The lowest BCUT2D eigenvalue weighted by molar-refractivity contribution is 0.669. The molecule has 0 unspecified atom stereocenters. The number of aromatic nitrogens is 1. The summed E-state index contributed by atoms with van der Waals surface area (Å²) in [5.74, 6) is 0. The minimum Gasteiger partial charge on any atom is -0.454 e. The van der Waals surface area contributed by atoms with E-state index in [-0.39, 0.29) is 0 Å². The van der Waals surface area contributed by atoms with Crippen LogP contribution in [0.15, 0.2) is 211 Å². The van der Waals surface area contributed by atoms with Crippen LogP contribution in [0.4, 0.5) is 17.1 Å². The number of fused-ring (bicyclic) bond motifs is 9. The molecule has 4 heteroatoms. The van der Waals surface area contributed by atoms with Crippen LogP contribution in [0.1, 0.15) is 0 Å². The third-order valence-electron chi connectivity index (χ3n) is 11.6. The van der Waals surface area contributed by atoms with E-state index in [0.29, 0.717) is 0 Å². The van der Waals surface area contributed by atoms with Crippen molar-refractivity contribution < 1.29 is 4.42 Å². The first-order valence-corrected chi connectivity index (χ1v) is 20.5. The van der Waals surface area contributed by atoms with Gasteiger partial charge in [-0.15, -0.1) is 11.3 Å². The predicted molar refractivity (Wildman–Crippen MR) is 247 cm³/mol. The van der Waals surface area contributed by atoms with Crippen LogP contribution in [0.25, 0.3) is 91.9 Å². The van der Waals surface area contributed by atoms with Crippen LogP contribution in [0.3, 0.4) is 0 Å². The molecule has 3 nitrogen and oxygen atoms in total. The van der Waals surface area contributed by atoms with Gasteiger partial charge in [-0.2, -0.15) is 0 Å². The van der Waals surface area contributed by atoms with E-state index in [1.807, 2.05) is 17.4 Å². The quantitative estimate of drug-likeness (QED) is 0.168. The number of para-hydroxylation sites is 4. The molecule has 0 fully saturated rings. The van der Waals surface area contributed by atoms with Crippen molar-refractivity contribution in [3.05, 3.63) is 206 Å². The first kappa shape index (κ1) is 32.8. The van der Waals surface area contributed by atoms with E-state index >= 15 is 0 Å². The smallest absolute Gasteiger partial charge is 0.159 e. The summed E-state index contributed by atoms with van der Waals surface area (Å²) in [6.07, 6.45) is 0. The highest BCUT2D eigenvalue weighted by Gasteiger charge is 2.24. The van der Waals surface area contributed by atoms with Gasteiger partial charge in [0.25, 0.3) is 0 Å². The molecule has 0 saturated heterocycles. The molecule has 272 valence electrons. The molecule has 0 atom stereocenters. The van der Waals surface area contributed by atoms with Crippen molar-refractivity contribution in [1.29, 1.82) is 0 Å². The Morgan fingerprint density at radius 3 is 1.95 bits per heavy atom. The zero-order valence-electron chi connectivity index (χ0n) is 31.3. The van der Waals surface area contributed by atoms with Gasteiger partial charge in [-0.05, 0) is 82.9 Å². The summed E-state index contributed by atoms with van der Waals surface area (Å²) < 4.78 is 11.6. The fraction of sp³-hybridized carbons (Fsp3) is 0. The molecule has 0 spiro atoms. The Hall–Kier alpha value is -7.40. The highest BCUT2D eigenvalue weighted by molar-refractivity contribution is 7.26. The van der Waals surface area contributed by atoms with Gasteiger partial charge >= 0.3 is 0 Å². The normalized spacial score (nSPS) is 11.8. The van der Waals surface area contributed by atoms with E-state index in [1.165, 1.54) is 58.7 Å². The van der Waals surface area contributed by atoms with Gasteiger partial charge in [0.1, 0.15) is 5.58 Å². The lowest BCUT2D eigenvalue weighted by atomic mass is 9.98. The van der Waals surface area contributed by atoms with Gasteiger partial charge in [-0.25, -0.2) is 0 Å². The van der Waals surface area contributed by atoms with Gasteiger partial charge in [0.15, 0.2) is 5.58 Å². The summed E-state index contributed by atoms with van der Waals surface area (Å²) in [6, 6.07) is 74.3. The standard InChI is InChI=1S/C54H34N2OS/c1-3-14-36(15-4-1)40-32-33-48(54-52(40)45-20-9-12-25-51(45)58-54)56(47-23-13-21-44-43-19-8-11-24-50(43)57-53(44)47)39-29-26-35(27-30-39)37-28-31-42-41-18-7-10-22-46(41)55(49(42)34-37)38-16-5-2-6-17-38/h1-34H. The maximum atomic E-state index is 6.74. The van der Waals surface area contributed by atoms with Crippen LogP contribution in [-0.4, -0.2) is 4.57 Å². The minimum absolute atomic E-state index is 0.869. The number of thiophene rings is 1. The Morgan fingerprint density at radius 2 is 1.10 bits per heavy atom. The Balaban J connectivity index is 1.07. The average molecular weight is 759 g/mol. The van der Waals surface area contributed by atoms with Crippen molar-refractivity contribution in [3.63, 3.8) is 0 Å². The molecule has 0 aliphatic rings. The third kappa shape index (κ3) is 5.05. The second kappa shape index (κ2) is 13.1. The topological polar surface area (TPSA) is 21.3 Å².